The van der Waals surface area contributed by atoms with Gasteiger partial charge in [0.25, 0.3) is 5.91 Å². The second kappa shape index (κ2) is 11.1. The Hall–Kier alpha value is -2.96. The molecule has 3 aromatic carbocycles. The average molecular weight is 469 g/mol. The maximum Gasteiger partial charge on any atom is 0.255 e. The van der Waals surface area contributed by atoms with Crippen LogP contribution in [0.3, 0.4) is 0 Å². The Balaban J connectivity index is 1.70. The molecule has 0 fully saturated rings. The summed E-state index contributed by atoms with van der Waals surface area (Å²) < 4.78 is 5.31. The van der Waals surface area contributed by atoms with Crippen molar-refractivity contribution in [2.75, 3.05) is 17.7 Å². The van der Waals surface area contributed by atoms with E-state index in [1.54, 1.807) is 31.4 Å². The highest BCUT2D eigenvalue weighted by Gasteiger charge is 2.20. The Bertz CT molecular complexity index is 1120. The van der Waals surface area contributed by atoms with Crippen LogP contribution in [0.4, 0.5) is 11.4 Å². The van der Waals surface area contributed by atoms with Crippen LogP contribution in [0.15, 0.2) is 71.6 Å². The summed E-state index contributed by atoms with van der Waals surface area (Å²) in [6, 6.07) is 20.0. The van der Waals surface area contributed by atoms with Crippen LogP contribution in [-0.4, -0.2) is 24.2 Å². The van der Waals surface area contributed by atoms with E-state index in [0.717, 1.165) is 10.5 Å². The van der Waals surface area contributed by atoms with Crippen molar-refractivity contribution in [1.82, 2.24) is 0 Å². The predicted octanol–water partition coefficient (Wildman–Crippen LogP) is 6.42. The summed E-state index contributed by atoms with van der Waals surface area (Å²) in [7, 11) is 1.54. The molecule has 166 valence electrons. The van der Waals surface area contributed by atoms with E-state index >= 15 is 0 Å². The molecule has 0 heterocycles. The summed E-state index contributed by atoms with van der Waals surface area (Å²) in [6.07, 6.45) is 0.624. The number of benzene rings is 3. The number of thioether (sulfide) groups is 1. The van der Waals surface area contributed by atoms with Gasteiger partial charge in [0.1, 0.15) is 5.75 Å². The van der Waals surface area contributed by atoms with Crippen LogP contribution in [0.5, 0.6) is 5.75 Å². The first-order valence-electron chi connectivity index (χ1n) is 10.2. The van der Waals surface area contributed by atoms with Gasteiger partial charge in [0.05, 0.1) is 18.0 Å². The zero-order valence-electron chi connectivity index (χ0n) is 18.1. The van der Waals surface area contributed by atoms with E-state index in [1.807, 2.05) is 56.3 Å². The molecule has 0 aliphatic heterocycles. The van der Waals surface area contributed by atoms with Gasteiger partial charge in [-0.2, -0.15) is 0 Å². The van der Waals surface area contributed by atoms with Gasteiger partial charge < -0.3 is 15.4 Å². The number of methoxy groups -OCH3 is 1. The molecule has 0 aliphatic carbocycles. The molecule has 2 N–H and O–H groups in total. The third-order valence-electron chi connectivity index (χ3n) is 4.84. The van der Waals surface area contributed by atoms with Crippen LogP contribution in [0, 0.1) is 6.92 Å². The number of amides is 2. The summed E-state index contributed by atoms with van der Waals surface area (Å²) in [5.41, 5.74) is 2.75. The molecule has 0 bridgehead atoms. The lowest BCUT2D eigenvalue weighted by Gasteiger charge is -2.17. The van der Waals surface area contributed by atoms with Gasteiger partial charge in [0.2, 0.25) is 5.91 Å². The fourth-order valence-corrected chi connectivity index (χ4v) is 4.34. The summed E-state index contributed by atoms with van der Waals surface area (Å²) in [5, 5.41) is 6.03. The minimum absolute atomic E-state index is 0.146. The molecule has 1 unspecified atom stereocenters. The second-order valence-corrected chi connectivity index (χ2v) is 8.86. The van der Waals surface area contributed by atoms with Crippen LogP contribution >= 0.6 is 23.4 Å². The summed E-state index contributed by atoms with van der Waals surface area (Å²) >= 11 is 7.50. The van der Waals surface area contributed by atoms with Crippen molar-refractivity contribution < 1.29 is 14.3 Å². The lowest BCUT2D eigenvalue weighted by molar-refractivity contribution is -0.115. The highest BCUT2D eigenvalue weighted by molar-refractivity contribution is 8.00. The molecule has 0 spiro atoms. The Morgan fingerprint density at radius 2 is 1.81 bits per heavy atom. The number of nitrogens with one attached hydrogen (secondary N) is 2. The quantitative estimate of drug-likeness (QED) is 0.374. The fraction of sp³-hybridized carbons (Fsp3) is 0.200. The van der Waals surface area contributed by atoms with Crippen LogP contribution in [0.25, 0.3) is 0 Å². The number of anilines is 2. The van der Waals surface area contributed by atoms with Crippen molar-refractivity contribution >= 4 is 46.6 Å². The maximum atomic E-state index is 12.9. The third-order valence-corrected chi connectivity index (χ3v) is 6.44. The lowest BCUT2D eigenvalue weighted by Crippen LogP contribution is -2.24. The summed E-state index contributed by atoms with van der Waals surface area (Å²) in [6.45, 7) is 3.86. The first-order valence-corrected chi connectivity index (χ1v) is 11.4. The Labute approximate surface area is 197 Å². The zero-order chi connectivity index (χ0) is 23.1. The molecule has 0 radical (unpaired) electrons. The molecule has 0 aromatic heterocycles. The molecule has 5 nitrogen and oxygen atoms in total. The van der Waals surface area contributed by atoms with Gasteiger partial charge in [-0.1, -0.05) is 42.8 Å². The average Bonchev–Trinajstić information content (AvgIpc) is 2.78. The van der Waals surface area contributed by atoms with Crippen LogP contribution < -0.4 is 15.4 Å². The standard InChI is InChI=1S/C25H25ClN2O3S/c1-4-23(25(30)28-21-14-17(26)12-13-22(21)31-3)32-19-10-7-9-18(15-19)27-24(29)20-11-6-5-8-16(20)2/h5-15,23H,4H2,1-3H3,(H,27,29)(H,28,30). The van der Waals surface area contributed by atoms with Crippen molar-refractivity contribution in [3.05, 3.63) is 82.9 Å². The Morgan fingerprint density at radius 1 is 1.03 bits per heavy atom. The number of carbonyl (C=O) groups is 2. The monoisotopic (exact) mass is 468 g/mol. The molecular weight excluding hydrogens is 444 g/mol. The second-order valence-electron chi connectivity index (χ2n) is 7.15. The molecule has 0 saturated heterocycles. The third kappa shape index (κ3) is 6.05. The summed E-state index contributed by atoms with van der Waals surface area (Å²) in [5.74, 6) is 0.235. The number of ether oxygens (including phenoxy) is 1. The van der Waals surface area contributed by atoms with Gasteiger partial charge in [0.15, 0.2) is 0 Å². The smallest absolute Gasteiger partial charge is 0.255 e. The van der Waals surface area contributed by atoms with E-state index < -0.39 is 0 Å². The van der Waals surface area contributed by atoms with E-state index in [9.17, 15) is 9.59 Å². The van der Waals surface area contributed by atoms with Gasteiger partial charge in [-0.15, -0.1) is 11.8 Å². The Morgan fingerprint density at radius 3 is 2.53 bits per heavy atom. The topological polar surface area (TPSA) is 67.4 Å². The Kier molecular flexibility index (Phi) is 8.20. The molecule has 0 aliphatic rings. The SMILES string of the molecule is CCC(Sc1cccc(NC(=O)c2ccccc2C)c1)C(=O)Nc1cc(Cl)ccc1OC. The van der Waals surface area contributed by atoms with Crippen molar-refractivity contribution in [3.63, 3.8) is 0 Å². The molecule has 3 aromatic rings. The molecule has 2 amide bonds. The minimum Gasteiger partial charge on any atom is -0.495 e. The number of carbonyl (C=O) groups excluding carboxylic acids is 2. The highest BCUT2D eigenvalue weighted by atomic mass is 35.5. The largest absolute Gasteiger partial charge is 0.495 e. The fourth-order valence-electron chi connectivity index (χ4n) is 3.15. The molecule has 32 heavy (non-hydrogen) atoms. The molecule has 0 saturated carbocycles. The first kappa shape index (κ1) is 23.7. The van der Waals surface area contributed by atoms with Gasteiger partial charge in [-0.05, 0) is 61.4 Å². The van der Waals surface area contributed by atoms with Crippen molar-refractivity contribution in [2.45, 2.75) is 30.4 Å². The maximum absolute atomic E-state index is 12.9. The predicted molar refractivity (Wildman–Crippen MR) is 132 cm³/mol. The molecule has 1 atom stereocenters. The van der Waals surface area contributed by atoms with E-state index in [-0.39, 0.29) is 17.1 Å². The lowest BCUT2D eigenvalue weighted by atomic mass is 10.1. The first-order chi connectivity index (χ1) is 15.4. The van der Waals surface area contributed by atoms with E-state index in [4.69, 9.17) is 16.3 Å². The van der Waals surface area contributed by atoms with Crippen molar-refractivity contribution in [1.29, 1.82) is 0 Å². The molecular formula is C25H25ClN2O3S. The number of aryl methyl sites for hydroxylation is 1. The van der Waals surface area contributed by atoms with E-state index in [0.29, 0.717) is 34.1 Å². The summed E-state index contributed by atoms with van der Waals surface area (Å²) in [4.78, 5) is 26.4. The van der Waals surface area contributed by atoms with Gasteiger partial charge >= 0.3 is 0 Å². The van der Waals surface area contributed by atoms with Crippen LogP contribution in [0.2, 0.25) is 5.02 Å². The number of rotatable bonds is 8. The van der Waals surface area contributed by atoms with Gasteiger partial charge in [-0.25, -0.2) is 0 Å². The van der Waals surface area contributed by atoms with E-state index in [1.165, 1.54) is 11.8 Å². The molecule has 3 rings (SSSR count). The zero-order valence-corrected chi connectivity index (χ0v) is 19.7. The number of hydrogen-bond acceptors (Lipinski definition) is 4. The van der Waals surface area contributed by atoms with Gasteiger partial charge in [0, 0.05) is 21.2 Å². The highest BCUT2D eigenvalue weighted by Crippen LogP contribution is 2.31. The molecule has 7 heteroatoms. The number of halogens is 1. The normalized spacial score (nSPS) is 11.5. The van der Waals surface area contributed by atoms with Crippen molar-refractivity contribution in [2.24, 2.45) is 0 Å². The number of hydrogen-bond donors (Lipinski definition) is 2. The van der Waals surface area contributed by atoms with Crippen LogP contribution in [-0.2, 0) is 4.79 Å². The minimum atomic E-state index is -0.332. The van der Waals surface area contributed by atoms with Gasteiger partial charge in [-0.3, -0.25) is 9.59 Å². The van der Waals surface area contributed by atoms with Crippen molar-refractivity contribution in [3.8, 4) is 5.75 Å². The van der Waals surface area contributed by atoms with E-state index in [2.05, 4.69) is 10.6 Å². The van der Waals surface area contributed by atoms with Crippen LogP contribution in [0.1, 0.15) is 29.3 Å².